The second-order valence-electron chi connectivity index (χ2n) is 17.4. The molecule has 0 amide bonds. The molecule has 0 nitrogen and oxygen atoms in total. The first-order valence-electron chi connectivity index (χ1n) is 21.2. The number of benzene rings is 6. The second kappa shape index (κ2) is 14.4. The van der Waals surface area contributed by atoms with Crippen LogP contribution in [0.4, 0.5) is 0 Å². The summed E-state index contributed by atoms with van der Waals surface area (Å²) < 4.78 is 0. The molecule has 0 N–H and O–H groups in total. The average Bonchev–Trinajstić information content (AvgIpc) is 3.59. The zero-order valence-corrected chi connectivity index (χ0v) is 34.0. The van der Waals surface area contributed by atoms with E-state index in [1.54, 1.807) is 11.1 Å². The predicted molar refractivity (Wildman–Crippen MR) is 238 cm³/mol. The van der Waals surface area contributed by atoms with Gasteiger partial charge in [0, 0.05) is 5.41 Å². The van der Waals surface area contributed by atoms with E-state index < -0.39 is 0 Å². The van der Waals surface area contributed by atoms with E-state index in [2.05, 4.69) is 162 Å². The van der Waals surface area contributed by atoms with Crippen molar-refractivity contribution in [3.63, 3.8) is 0 Å². The van der Waals surface area contributed by atoms with Gasteiger partial charge in [0.25, 0.3) is 0 Å². The fourth-order valence-corrected chi connectivity index (χ4v) is 10.7. The van der Waals surface area contributed by atoms with Crippen molar-refractivity contribution in [3.8, 4) is 22.3 Å². The summed E-state index contributed by atoms with van der Waals surface area (Å²) >= 11 is 0. The Kier molecular flexibility index (Phi) is 9.36. The first-order valence-corrected chi connectivity index (χ1v) is 21.2. The molecule has 0 heteroatoms. The molecule has 0 aliphatic heterocycles. The molecule has 0 heterocycles. The van der Waals surface area contributed by atoms with Crippen LogP contribution >= 0.6 is 0 Å². The highest BCUT2D eigenvalue weighted by Crippen LogP contribution is 2.58. The minimum Gasteiger partial charge on any atom is -0.103 e. The Morgan fingerprint density at radius 2 is 0.786 bits per heavy atom. The number of rotatable bonds is 10. The number of hydrogen-bond acceptors (Lipinski definition) is 0. The number of aryl methyl sites for hydroxylation is 8. The fraction of sp³-hybridized carbons (Fsp3) is 0.286. The molecule has 10 rings (SSSR count). The summed E-state index contributed by atoms with van der Waals surface area (Å²) in [5, 5.41) is 0. The molecule has 0 saturated heterocycles. The Morgan fingerprint density at radius 1 is 0.429 bits per heavy atom. The molecule has 0 spiro atoms. The molecule has 0 unspecified atom stereocenters. The van der Waals surface area contributed by atoms with E-state index in [-0.39, 0.29) is 10.8 Å². The van der Waals surface area contributed by atoms with E-state index in [0.717, 1.165) is 12.8 Å². The molecular formula is C56H56. The van der Waals surface area contributed by atoms with Crippen molar-refractivity contribution in [3.05, 3.63) is 212 Å². The molecular weight excluding hydrogens is 673 g/mol. The third-order valence-corrected chi connectivity index (χ3v) is 13.7. The average molecular weight is 729 g/mol. The van der Waals surface area contributed by atoms with Gasteiger partial charge < -0.3 is 0 Å². The summed E-state index contributed by atoms with van der Waals surface area (Å²) in [5.41, 5.74) is 26.0. The molecule has 4 aliphatic rings. The van der Waals surface area contributed by atoms with Crippen molar-refractivity contribution in [2.24, 2.45) is 0 Å². The Bertz CT molecular complexity index is 2340. The molecule has 6 aromatic carbocycles. The summed E-state index contributed by atoms with van der Waals surface area (Å²) in [6, 6.07) is 42.8. The lowest BCUT2D eigenvalue weighted by molar-refractivity contribution is 0.422. The maximum absolute atomic E-state index is 3.93. The van der Waals surface area contributed by atoms with Gasteiger partial charge in [-0.05, 0) is 170 Å². The van der Waals surface area contributed by atoms with E-state index >= 15 is 0 Å². The van der Waals surface area contributed by atoms with Crippen molar-refractivity contribution in [1.82, 2.24) is 0 Å². The largest absolute Gasteiger partial charge is 0.103 e. The monoisotopic (exact) mass is 728 g/mol. The van der Waals surface area contributed by atoms with E-state index in [1.165, 1.54) is 140 Å². The third-order valence-electron chi connectivity index (χ3n) is 13.7. The highest BCUT2D eigenvalue weighted by molar-refractivity contribution is 5.87. The summed E-state index contributed by atoms with van der Waals surface area (Å²) in [6.07, 6.45) is 16.0. The summed E-state index contributed by atoms with van der Waals surface area (Å²) in [4.78, 5) is 0. The topological polar surface area (TPSA) is 0 Å². The van der Waals surface area contributed by atoms with Crippen LogP contribution < -0.4 is 0 Å². The lowest BCUT2D eigenvalue weighted by Crippen LogP contribution is -2.30. The first-order chi connectivity index (χ1) is 27.3. The number of fused-ring (bicyclic) bond motifs is 8. The van der Waals surface area contributed by atoms with Crippen LogP contribution in [0.15, 0.2) is 135 Å². The van der Waals surface area contributed by atoms with Gasteiger partial charge in [-0.2, -0.15) is 0 Å². The van der Waals surface area contributed by atoms with E-state index in [4.69, 9.17) is 0 Å². The quantitative estimate of drug-likeness (QED) is 0.0972. The summed E-state index contributed by atoms with van der Waals surface area (Å²) in [5.74, 6) is 0. The van der Waals surface area contributed by atoms with Crippen LogP contribution in [0.3, 0.4) is 0 Å². The molecule has 280 valence electrons. The van der Waals surface area contributed by atoms with Gasteiger partial charge in [-0.1, -0.05) is 144 Å². The lowest BCUT2D eigenvalue weighted by Gasteiger charge is -2.37. The highest BCUT2D eigenvalue weighted by atomic mass is 14.5. The van der Waals surface area contributed by atoms with Gasteiger partial charge in [-0.15, -0.1) is 13.2 Å². The zero-order valence-electron chi connectivity index (χ0n) is 34.0. The summed E-state index contributed by atoms with van der Waals surface area (Å²) in [6.45, 7) is 16.7. The van der Waals surface area contributed by atoms with Crippen LogP contribution in [0, 0.1) is 27.7 Å². The van der Waals surface area contributed by atoms with Gasteiger partial charge in [0.1, 0.15) is 0 Å². The molecule has 0 saturated carbocycles. The van der Waals surface area contributed by atoms with Gasteiger partial charge in [0.05, 0.1) is 5.41 Å². The van der Waals surface area contributed by atoms with E-state index in [1.807, 2.05) is 0 Å². The van der Waals surface area contributed by atoms with Gasteiger partial charge in [0.15, 0.2) is 0 Å². The van der Waals surface area contributed by atoms with Gasteiger partial charge >= 0.3 is 0 Å². The van der Waals surface area contributed by atoms with Crippen molar-refractivity contribution >= 4 is 0 Å². The SMILES string of the molecule is C=CCCCC1(CCCC=C)c2cc(C)ccc2-c2ccc(C)cc21.Cc1ccc2c(c1)C(c1ccc3c(c1)CC3)(c1ccc3c(c1)CC3)c1cc(C)ccc1-2. The number of hydrogen-bond donors (Lipinski definition) is 0. The highest BCUT2D eigenvalue weighted by Gasteiger charge is 2.47. The van der Waals surface area contributed by atoms with E-state index in [0.29, 0.717) is 0 Å². The van der Waals surface area contributed by atoms with Gasteiger partial charge in [-0.3, -0.25) is 0 Å². The summed E-state index contributed by atoms with van der Waals surface area (Å²) in [7, 11) is 0. The molecule has 56 heavy (non-hydrogen) atoms. The zero-order chi connectivity index (χ0) is 38.6. The van der Waals surface area contributed by atoms with Crippen molar-refractivity contribution < 1.29 is 0 Å². The van der Waals surface area contributed by atoms with Crippen LogP contribution in [0.5, 0.6) is 0 Å². The molecule has 0 atom stereocenters. The minimum absolute atomic E-state index is 0.148. The Morgan fingerprint density at radius 3 is 1.12 bits per heavy atom. The van der Waals surface area contributed by atoms with Crippen molar-refractivity contribution in [2.45, 2.75) is 103 Å². The molecule has 0 fully saturated rings. The Hall–Kier alpha value is -5.20. The van der Waals surface area contributed by atoms with Crippen LogP contribution in [0.25, 0.3) is 22.3 Å². The molecule has 0 radical (unpaired) electrons. The van der Waals surface area contributed by atoms with Crippen LogP contribution in [-0.4, -0.2) is 0 Å². The smallest absolute Gasteiger partial charge is 0.0713 e. The molecule has 4 aliphatic carbocycles. The molecule has 0 aromatic heterocycles. The van der Waals surface area contributed by atoms with Crippen molar-refractivity contribution in [2.75, 3.05) is 0 Å². The Balaban J connectivity index is 0.000000150. The maximum atomic E-state index is 3.93. The van der Waals surface area contributed by atoms with Gasteiger partial charge in [-0.25, -0.2) is 0 Å². The molecule has 0 bridgehead atoms. The molecule has 6 aromatic rings. The Labute approximate surface area is 336 Å². The van der Waals surface area contributed by atoms with E-state index in [9.17, 15) is 0 Å². The second-order valence-corrected chi connectivity index (χ2v) is 17.4. The number of allylic oxidation sites excluding steroid dienone is 2. The van der Waals surface area contributed by atoms with Crippen molar-refractivity contribution in [1.29, 1.82) is 0 Å². The van der Waals surface area contributed by atoms with Crippen LogP contribution in [0.1, 0.15) is 116 Å². The predicted octanol–water partition coefficient (Wildman–Crippen LogP) is 14.1. The third kappa shape index (κ3) is 5.79. The minimum atomic E-state index is -0.238. The van der Waals surface area contributed by atoms with Crippen LogP contribution in [-0.2, 0) is 36.5 Å². The maximum Gasteiger partial charge on any atom is 0.0713 e. The first kappa shape index (κ1) is 36.4. The normalized spacial score (nSPS) is 15.4. The number of unbranched alkanes of at least 4 members (excludes halogenated alkanes) is 2. The standard InChI is InChI=1S/C31H26.C25H30/c1-19-3-13-27-28-14-4-20(2)16-30(28)31(29(27)15-19,25-11-9-21-5-7-23(21)17-25)26-12-10-22-6-8-24(22)18-26;1-5-7-9-15-25(16-10-8-6-2)23-17-19(3)11-13-21(23)22-14-12-20(4)18-24(22)25/h3-4,9-18H,5-8H2,1-2H3;5-6,11-14,17-18H,1-2,7-10,15-16H2,3-4H3. The van der Waals surface area contributed by atoms with Gasteiger partial charge in [0.2, 0.25) is 0 Å². The van der Waals surface area contributed by atoms with Crippen LogP contribution in [0.2, 0.25) is 0 Å². The fourth-order valence-electron chi connectivity index (χ4n) is 10.7. The lowest BCUT2D eigenvalue weighted by atomic mass is 9.65.